The molecule has 4 aromatic carbocycles. The summed E-state index contributed by atoms with van der Waals surface area (Å²) < 4.78 is 5.71. The predicted octanol–water partition coefficient (Wildman–Crippen LogP) is 0.0915. The van der Waals surface area contributed by atoms with Crippen molar-refractivity contribution in [3.63, 3.8) is 0 Å². The number of H-pyrrole nitrogens is 1. The van der Waals surface area contributed by atoms with Crippen molar-refractivity contribution in [1.82, 2.24) is 72.4 Å². The highest BCUT2D eigenvalue weighted by atomic mass is 16.5. The molecule has 0 spiro atoms. The van der Waals surface area contributed by atoms with Crippen molar-refractivity contribution < 1.29 is 82.4 Å². The summed E-state index contributed by atoms with van der Waals surface area (Å²) in [7, 11) is 1.34. The number of nitrogens with zero attached hydrogens (tertiary/aromatic N) is 4. The van der Waals surface area contributed by atoms with Gasteiger partial charge >= 0.3 is 18.0 Å². The molecular weight excluding hydrogens is 1370 g/mol. The third-order valence-corrected chi connectivity index (χ3v) is 18.8. The first-order valence-corrected chi connectivity index (χ1v) is 35.9. The number of amides is 12. The number of nitrogens with one attached hydrogen (secondary N) is 10. The van der Waals surface area contributed by atoms with Gasteiger partial charge in [0.15, 0.2) is 0 Å². The summed E-state index contributed by atoms with van der Waals surface area (Å²) in [5.41, 5.74) is 8.50. The van der Waals surface area contributed by atoms with Gasteiger partial charge in [-0.05, 0) is 91.1 Å². The number of carbonyl (C=O) groups is 13. The van der Waals surface area contributed by atoms with Crippen LogP contribution in [0, 0.1) is 0 Å². The number of carboxylic acids is 2. The smallest absolute Gasteiger partial charge is 0.317 e. The van der Waals surface area contributed by atoms with Gasteiger partial charge in [0.25, 0.3) is 0 Å². The van der Waals surface area contributed by atoms with E-state index in [1.807, 2.05) is 19.1 Å². The first-order valence-electron chi connectivity index (χ1n) is 35.9. The minimum Gasteiger partial charge on any atom is -0.508 e. The van der Waals surface area contributed by atoms with Crippen molar-refractivity contribution >= 4 is 87.9 Å². The number of aromatic amines is 1. The lowest BCUT2D eigenvalue weighted by atomic mass is 10.00. The number of fused-ring (bicyclic) bond motifs is 2. The van der Waals surface area contributed by atoms with Crippen LogP contribution in [0.2, 0.25) is 0 Å². The number of aliphatic carboxylic acids is 2. The zero-order valence-corrected chi connectivity index (χ0v) is 59.6. The Morgan fingerprint density at radius 3 is 1.81 bits per heavy atom. The van der Waals surface area contributed by atoms with E-state index in [0.717, 1.165) is 9.80 Å². The highest BCUT2D eigenvalue weighted by Crippen LogP contribution is 2.24. The highest BCUT2D eigenvalue weighted by Gasteiger charge is 2.41. The number of unbranched alkanes of at least 4 members (excludes halogenated alkanes) is 3. The summed E-state index contributed by atoms with van der Waals surface area (Å²) in [5.74, 6) is -11.0. The lowest BCUT2D eigenvalue weighted by Gasteiger charge is -2.33. The standard InChI is InChI=1S/C74H97N15O17/c1-3-4-6-18-55-68(99)83-58(40-49-42-77-53-17-10-9-16-52(49)53)67(98)78-43-62(91)80-56(37-47-21-25-50(90)26-22-47)69(100)85-59(41-64(93)94)73(104)89-31-13-20-60(89)71(102)82-54(19-11-12-30-76-74(105)88-34-32-87(33-35-88)45-65(95)96)66(97)79-44-63(92)86(2)61(39-46-14-7-5-8-15-46)72(103)84-57(70(101)81-55)38-48-23-27-51(28-24-48)106-36-29-75/h5,7-10,14-17,21-28,42,54-61,77,90H,3-4,6,11-13,18-20,29-41,43-45,75H2,1-2H3,(H,76,105)(H,78,98)(H,79,97)(H,80,91)(H,81,101)(H,82,102)(H,83,99)(H,84,103)(H,85,100)(H,93,94)(H,95,96)/t54-,55-,56-,57-,58-,59-,60+,61-/m0/s1. The second-order valence-corrected chi connectivity index (χ2v) is 26.7. The summed E-state index contributed by atoms with van der Waals surface area (Å²) in [6.07, 6.45) is 2.27. The van der Waals surface area contributed by atoms with E-state index >= 15 is 14.4 Å². The molecule has 3 aliphatic heterocycles. The molecule has 32 nitrogen and oxygen atoms in total. The number of aromatic hydroxyl groups is 1. The molecule has 0 bridgehead atoms. The van der Waals surface area contributed by atoms with Gasteiger partial charge in [-0.2, -0.15) is 0 Å². The molecule has 3 fully saturated rings. The van der Waals surface area contributed by atoms with Gasteiger partial charge in [-0.3, -0.25) is 62.4 Å². The fourth-order valence-corrected chi connectivity index (χ4v) is 13.0. The van der Waals surface area contributed by atoms with Crippen LogP contribution in [-0.2, 0) is 83.2 Å². The monoisotopic (exact) mass is 1470 g/mol. The van der Waals surface area contributed by atoms with Crippen molar-refractivity contribution in [1.29, 1.82) is 0 Å². The second-order valence-electron chi connectivity index (χ2n) is 26.7. The molecule has 3 aliphatic rings. The molecule has 1 aromatic heterocycles. The summed E-state index contributed by atoms with van der Waals surface area (Å²) in [4.78, 5) is 193. The van der Waals surface area contributed by atoms with Gasteiger partial charge in [0, 0.05) is 95.6 Å². The third kappa shape index (κ3) is 24.2. The van der Waals surface area contributed by atoms with Crippen LogP contribution < -0.4 is 58.3 Å². The lowest BCUT2D eigenvalue weighted by molar-refractivity contribution is -0.146. The molecule has 0 unspecified atom stereocenters. The summed E-state index contributed by atoms with van der Waals surface area (Å²) >= 11 is 0. The number of hydrogen-bond acceptors (Lipinski definition) is 17. The first-order chi connectivity index (χ1) is 51.0. The highest BCUT2D eigenvalue weighted by molar-refractivity contribution is 6.00. The van der Waals surface area contributed by atoms with Gasteiger partial charge in [0.05, 0.1) is 26.1 Å². The zero-order chi connectivity index (χ0) is 76.2. The van der Waals surface area contributed by atoms with Gasteiger partial charge in [-0.1, -0.05) is 99.0 Å². The van der Waals surface area contributed by atoms with Gasteiger partial charge in [-0.25, -0.2) is 4.79 Å². The second kappa shape index (κ2) is 40.2. The van der Waals surface area contributed by atoms with E-state index in [9.17, 15) is 63.3 Å². The van der Waals surface area contributed by atoms with Crippen LogP contribution in [0.5, 0.6) is 11.5 Å². The molecule has 15 N–H and O–H groups in total. The van der Waals surface area contributed by atoms with Gasteiger partial charge in [0.1, 0.15) is 66.4 Å². The number of nitrogens with two attached hydrogens (primary N) is 1. The Hall–Kier alpha value is -11.2. The van der Waals surface area contributed by atoms with Crippen LogP contribution in [0.4, 0.5) is 4.79 Å². The zero-order valence-electron chi connectivity index (χ0n) is 59.6. The molecule has 4 heterocycles. The number of para-hydroxylation sites is 1. The number of phenolic OH excluding ortho intramolecular Hbond substituents is 1. The average Bonchev–Trinajstić information content (AvgIpc) is 1.61. The van der Waals surface area contributed by atoms with Crippen LogP contribution in [0.1, 0.15) is 93.4 Å². The van der Waals surface area contributed by atoms with Crippen LogP contribution in [0.25, 0.3) is 10.9 Å². The Kier molecular flexibility index (Phi) is 30.6. The van der Waals surface area contributed by atoms with Crippen LogP contribution in [-0.4, -0.2) is 244 Å². The Morgan fingerprint density at radius 1 is 0.575 bits per heavy atom. The molecule has 3 saturated heterocycles. The van der Waals surface area contributed by atoms with E-state index in [-0.39, 0.29) is 116 Å². The van der Waals surface area contributed by atoms with Crippen molar-refractivity contribution in [3.05, 3.63) is 132 Å². The minimum absolute atomic E-state index is 0.0144. The molecule has 8 atom stereocenters. The summed E-state index contributed by atoms with van der Waals surface area (Å²) in [6, 6.07) is 15.9. The average molecular weight is 1470 g/mol. The Balaban J connectivity index is 1.14. The number of phenols is 1. The summed E-state index contributed by atoms with van der Waals surface area (Å²) in [5, 5.41) is 54.6. The molecule has 8 rings (SSSR count). The molecule has 0 radical (unpaired) electrons. The van der Waals surface area contributed by atoms with Gasteiger partial charge < -0.3 is 93.3 Å². The van der Waals surface area contributed by atoms with Crippen LogP contribution in [0.15, 0.2) is 109 Å². The number of piperazine rings is 1. The fraction of sp³-hybridized carbons (Fsp3) is 0.473. The molecule has 12 amide bonds. The van der Waals surface area contributed by atoms with E-state index in [2.05, 4.69) is 52.8 Å². The van der Waals surface area contributed by atoms with Crippen molar-refractivity contribution in [2.45, 2.75) is 145 Å². The maximum atomic E-state index is 15.2. The number of aromatic nitrogens is 1. The molecule has 106 heavy (non-hydrogen) atoms. The Morgan fingerprint density at radius 2 is 1.14 bits per heavy atom. The Labute approximate surface area is 613 Å². The van der Waals surface area contributed by atoms with Crippen molar-refractivity contribution in [2.24, 2.45) is 5.73 Å². The molecular formula is C74H97N15O17. The lowest BCUT2D eigenvalue weighted by Crippen LogP contribution is -2.60. The number of rotatable bonds is 24. The number of benzene rings is 4. The molecule has 570 valence electrons. The van der Waals surface area contributed by atoms with Crippen molar-refractivity contribution in [2.75, 3.05) is 79.1 Å². The van der Waals surface area contributed by atoms with E-state index < -0.39 is 145 Å². The van der Waals surface area contributed by atoms with Crippen LogP contribution in [0.3, 0.4) is 0 Å². The first kappa shape index (κ1) is 80.5. The number of carboxylic acid groups (broad SMARTS) is 2. The molecule has 32 heteroatoms. The topological polar surface area (TPSA) is 455 Å². The molecule has 5 aromatic rings. The van der Waals surface area contributed by atoms with E-state index in [4.69, 9.17) is 10.5 Å². The SMILES string of the molecule is CCCCC[C@@H]1NC(=O)[C@H](Cc2ccc(OCCN)cc2)NC(=O)[C@H](Cc2ccccc2)N(C)C(=O)CNC(=O)[C@H](CCCCNC(=O)N2CCN(CC(=O)O)CC2)NC(=O)[C@H]2CCCN2C(=O)[C@H](CC(=O)O)NC(=O)[C@H](Cc2ccc(O)cc2)NC(=O)CNC(=O)[C@H](Cc2c[nH]c3ccccc23)NC1=O. The number of carbonyl (C=O) groups excluding carboxylic acids is 11. The fourth-order valence-electron chi connectivity index (χ4n) is 13.0. The number of likely N-dealkylation sites (N-methyl/N-ethyl adjacent to an activating group) is 1. The van der Waals surface area contributed by atoms with E-state index in [1.165, 1.54) is 31.3 Å². The van der Waals surface area contributed by atoms with E-state index in [1.54, 1.807) is 82.7 Å². The maximum Gasteiger partial charge on any atom is 0.317 e. The predicted molar refractivity (Wildman–Crippen MR) is 387 cm³/mol. The van der Waals surface area contributed by atoms with Crippen LogP contribution >= 0.6 is 0 Å². The molecule has 0 saturated carbocycles. The van der Waals surface area contributed by atoms with Gasteiger partial charge in [-0.15, -0.1) is 0 Å². The number of hydrogen-bond donors (Lipinski definition) is 14. The minimum atomic E-state index is -1.86. The number of urea groups is 1. The third-order valence-electron chi connectivity index (χ3n) is 18.8. The van der Waals surface area contributed by atoms with Gasteiger partial charge in [0.2, 0.25) is 59.1 Å². The van der Waals surface area contributed by atoms with E-state index in [0.29, 0.717) is 71.3 Å². The molecule has 0 aliphatic carbocycles. The Bertz CT molecular complexity index is 3870. The quantitative estimate of drug-likeness (QED) is 0.0364. The number of ether oxygens (including phenoxy) is 1. The van der Waals surface area contributed by atoms with Crippen molar-refractivity contribution in [3.8, 4) is 11.5 Å². The normalized spacial score (nSPS) is 22.0. The largest absolute Gasteiger partial charge is 0.508 e. The maximum absolute atomic E-state index is 15.2. The summed E-state index contributed by atoms with van der Waals surface area (Å²) in [6.45, 7) is 1.93.